The number of fused-ring (bicyclic) bond motifs is 2. The maximum absolute atomic E-state index is 4.50. The summed E-state index contributed by atoms with van der Waals surface area (Å²) >= 11 is 0. The summed E-state index contributed by atoms with van der Waals surface area (Å²) in [4.78, 5) is 22.2. The van der Waals surface area contributed by atoms with Crippen LogP contribution in [0.5, 0.6) is 0 Å². The zero-order chi connectivity index (χ0) is 15.3. The van der Waals surface area contributed by atoms with Crippen molar-refractivity contribution < 1.29 is 0 Å². The van der Waals surface area contributed by atoms with Crippen molar-refractivity contribution in [1.29, 1.82) is 0 Å². The molecule has 3 saturated heterocycles. The summed E-state index contributed by atoms with van der Waals surface area (Å²) in [6.07, 6.45) is 4.57. The molecular weight excluding hydrogens is 276 g/mol. The van der Waals surface area contributed by atoms with Gasteiger partial charge < -0.3 is 9.80 Å². The molecule has 2 aromatic heterocycles. The SMILES string of the molecule is Cc1cc(N2C3CC2CN(c2ncnc(C)c2C)C3)ncn1. The lowest BCUT2D eigenvalue weighted by molar-refractivity contribution is 0.287. The third-order valence-electron chi connectivity index (χ3n) is 4.86. The highest BCUT2D eigenvalue weighted by molar-refractivity contribution is 5.54. The van der Waals surface area contributed by atoms with Gasteiger partial charge in [-0.1, -0.05) is 0 Å². The second-order valence-electron chi connectivity index (χ2n) is 6.28. The van der Waals surface area contributed by atoms with Crippen molar-refractivity contribution in [2.75, 3.05) is 22.9 Å². The van der Waals surface area contributed by atoms with Crippen LogP contribution in [0.3, 0.4) is 0 Å². The van der Waals surface area contributed by atoms with E-state index < -0.39 is 0 Å². The van der Waals surface area contributed by atoms with Gasteiger partial charge in [0.1, 0.15) is 24.3 Å². The first-order valence-corrected chi connectivity index (χ1v) is 7.73. The van der Waals surface area contributed by atoms with Gasteiger partial charge in [0.15, 0.2) is 0 Å². The van der Waals surface area contributed by atoms with E-state index in [1.807, 2.05) is 13.8 Å². The van der Waals surface area contributed by atoms with Crippen molar-refractivity contribution in [2.24, 2.45) is 0 Å². The smallest absolute Gasteiger partial charge is 0.135 e. The Labute approximate surface area is 130 Å². The third-order valence-corrected chi connectivity index (χ3v) is 4.86. The van der Waals surface area contributed by atoms with Crippen molar-refractivity contribution in [3.8, 4) is 0 Å². The maximum Gasteiger partial charge on any atom is 0.135 e. The van der Waals surface area contributed by atoms with Crippen molar-refractivity contribution >= 4 is 11.6 Å². The Morgan fingerprint density at radius 2 is 1.68 bits per heavy atom. The molecule has 3 aliphatic heterocycles. The molecule has 0 saturated carbocycles. The van der Waals surface area contributed by atoms with Gasteiger partial charge >= 0.3 is 0 Å². The standard InChI is InChI=1S/C16H20N6/c1-10-4-15(19-8-17-10)22-13-5-14(22)7-21(6-13)16-11(2)12(3)18-9-20-16/h4,8-9,13-14H,5-7H2,1-3H3. The first-order chi connectivity index (χ1) is 10.6. The molecule has 0 amide bonds. The normalized spacial score (nSPS) is 23.4. The van der Waals surface area contributed by atoms with E-state index in [9.17, 15) is 0 Å². The Kier molecular flexibility index (Phi) is 2.99. The number of piperidine rings is 1. The summed E-state index contributed by atoms with van der Waals surface area (Å²) in [6, 6.07) is 3.11. The van der Waals surface area contributed by atoms with Gasteiger partial charge in [-0.3, -0.25) is 0 Å². The minimum absolute atomic E-state index is 0.516. The minimum Gasteiger partial charge on any atom is -0.352 e. The summed E-state index contributed by atoms with van der Waals surface area (Å²) in [7, 11) is 0. The lowest BCUT2D eigenvalue weighted by Gasteiger charge is -2.57. The van der Waals surface area contributed by atoms with Crippen LogP contribution in [0.15, 0.2) is 18.7 Å². The van der Waals surface area contributed by atoms with Gasteiger partial charge in [0.05, 0.1) is 12.1 Å². The van der Waals surface area contributed by atoms with E-state index in [2.05, 4.69) is 42.7 Å². The molecule has 2 atom stereocenters. The fourth-order valence-electron chi connectivity index (χ4n) is 3.58. The monoisotopic (exact) mass is 296 g/mol. The number of anilines is 2. The summed E-state index contributed by atoms with van der Waals surface area (Å²) in [5, 5.41) is 0. The number of aryl methyl sites for hydroxylation is 2. The largest absolute Gasteiger partial charge is 0.352 e. The van der Waals surface area contributed by atoms with Crippen LogP contribution in [0.4, 0.5) is 11.6 Å². The Bertz CT molecular complexity index is 704. The Morgan fingerprint density at radius 1 is 0.955 bits per heavy atom. The van der Waals surface area contributed by atoms with Crippen LogP contribution in [-0.2, 0) is 0 Å². The molecule has 6 nitrogen and oxygen atoms in total. The third kappa shape index (κ3) is 2.01. The highest BCUT2D eigenvalue weighted by atomic mass is 15.4. The topological polar surface area (TPSA) is 58.0 Å². The average Bonchev–Trinajstić information content (AvgIpc) is 2.50. The quantitative estimate of drug-likeness (QED) is 0.840. The number of hydrogen-bond donors (Lipinski definition) is 0. The van der Waals surface area contributed by atoms with Crippen molar-refractivity contribution in [2.45, 2.75) is 39.3 Å². The minimum atomic E-state index is 0.516. The van der Waals surface area contributed by atoms with Crippen LogP contribution in [0.25, 0.3) is 0 Å². The van der Waals surface area contributed by atoms with E-state index in [1.54, 1.807) is 12.7 Å². The summed E-state index contributed by atoms with van der Waals surface area (Å²) < 4.78 is 0. The molecule has 5 heterocycles. The van der Waals surface area contributed by atoms with E-state index in [0.717, 1.165) is 36.1 Å². The van der Waals surface area contributed by atoms with Crippen molar-refractivity contribution in [1.82, 2.24) is 19.9 Å². The maximum atomic E-state index is 4.50. The molecule has 2 aromatic rings. The van der Waals surface area contributed by atoms with Gasteiger partial charge in [0, 0.05) is 36.1 Å². The van der Waals surface area contributed by atoms with Crippen LogP contribution in [0.1, 0.15) is 23.4 Å². The molecule has 22 heavy (non-hydrogen) atoms. The number of rotatable bonds is 2. The fraction of sp³-hybridized carbons (Fsp3) is 0.500. The summed E-state index contributed by atoms with van der Waals surface area (Å²) in [5.74, 6) is 2.14. The molecule has 0 spiro atoms. The first kappa shape index (κ1) is 13.4. The Balaban J connectivity index is 1.56. The second-order valence-corrected chi connectivity index (χ2v) is 6.28. The van der Waals surface area contributed by atoms with Crippen LogP contribution in [-0.4, -0.2) is 45.1 Å². The fourth-order valence-corrected chi connectivity index (χ4v) is 3.58. The van der Waals surface area contributed by atoms with Gasteiger partial charge in [-0.25, -0.2) is 19.9 Å². The zero-order valence-electron chi connectivity index (χ0n) is 13.2. The van der Waals surface area contributed by atoms with Crippen LogP contribution in [0, 0.1) is 20.8 Å². The van der Waals surface area contributed by atoms with Crippen molar-refractivity contribution in [3.05, 3.63) is 35.7 Å². The highest BCUT2D eigenvalue weighted by Crippen LogP contribution is 2.37. The predicted molar refractivity (Wildman–Crippen MR) is 85.2 cm³/mol. The Hall–Kier alpha value is -2.24. The molecule has 2 unspecified atom stereocenters. The molecule has 0 aromatic carbocycles. The first-order valence-electron chi connectivity index (χ1n) is 7.73. The zero-order valence-corrected chi connectivity index (χ0v) is 13.2. The molecular formula is C16H20N6. The molecule has 3 aliphatic rings. The van der Waals surface area contributed by atoms with Crippen molar-refractivity contribution in [3.63, 3.8) is 0 Å². The van der Waals surface area contributed by atoms with Gasteiger partial charge in [0.25, 0.3) is 0 Å². The second kappa shape index (κ2) is 4.90. The highest BCUT2D eigenvalue weighted by Gasteiger charge is 2.45. The number of nitrogens with zero attached hydrogens (tertiary/aromatic N) is 6. The molecule has 6 heteroatoms. The lowest BCUT2D eigenvalue weighted by atomic mass is 9.87. The van der Waals surface area contributed by atoms with Gasteiger partial charge in [0.2, 0.25) is 0 Å². The van der Waals surface area contributed by atoms with Crippen LogP contribution in [0.2, 0.25) is 0 Å². The van der Waals surface area contributed by atoms with E-state index in [-0.39, 0.29) is 0 Å². The molecule has 2 bridgehead atoms. The van der Waals surface area contributed by atoms with Gasteiger partial charge in [-0.2, -0.15) is 0 Å². The van der Waals surface area contributed by atoms with E-state index >= 15 is 0 Å². The molecule has 0 radical (unpaired) electrons. The van der Waals surface area contributed by atoms with E-state index in [4.69, 9.17) is 0 Å². The van der Waals surface area contributed by atoms with E-state index in [0.29, 0.717) is 12.1 Å². The Morgan fingerprint density at radius 3 is 2.41 bits per heavy atom. The molecule has 0 aliphatic carbocycles. The number of hydrogen-bond acceptors (Lipinski definition) is 6. The summed E-state index contributed by atoms with van der Waals surface area (Å²) in [6.45, 7) is 8.16. The average molecular weight is 296 g/mol. The molecule has 114 valence electrons. The molecule has 5 rings (SSSR count). The lowest BCUT2D eigenvalue weighted by Crippen LogP contribution is -2.69. The van der Waals surface area contributed by atoms with Crippen LogP contribution < -0.4 is 9.80 Å². The summed E-state index contributed by atoms with van der Waals surface area (Å²) in [5.41, 5.74) is 3.27. The predicted octanol–water partition coefficient (Wildman–Crippen LogP) is 1.66. The number of aromatic nitrogens is 4. The molecule has 3 fully saturated rings. The van der Waals surface area contributed by atoms with Gasteiger partial charge in [-0.05, 0) is 27.2 Å². The molecule has 0 N–H and O–H groups in total. The van der Waals surface area contributed by atoms with Gasteiger partial charge in [-0.15, -0.1) is 0 Å². The van der Waals surface area contributed by atoms with Crippen LogP contribution >= 0.6 is 0 Å². The van der Waals surface area contributed by atoms with E-state index in [1.165, 1.54) is 12.0 Å². The number of piperazine rings is 1.